The molecule has 14 heavy (non-hydrogen) atoms. The van der Waals surface area contributed by atoms with Crippen molar-refractivity contribution in [2.75, 3.05) is 20.1 Å². The molecule has 0 aromatic carbocycles. The summed E-state index contributed by atoms with van der Waals surface area (Å²) in [5.41, 5.74) is 1.15. The van der Waals surface area contributed by atoms with Crippen LogP contribution in [0.15, 0.2) is 24.4 Å². The number of hydrogen-bond donors (Lipinski definition) is 1. The molecule has 1 fully saturated rings. The number of hydrogen-bond acceptors (Lipinski definition) is 3. The van der Waals surface area contributed by atoms with Crippen LogP contribution in [0.4, 0.5) is 0 Å². The van der Waals surface area contributed by atoms with E-state index in [2.05, 4.69) is 35.2 Å². The van der Waals surface area contributed by atoms with Crippen molar-refractivity contribution < 1.29 is 0 Å². The Bertz CT molecular complexity index is 282. The van der Waals surface area contributed by atoms with Crippen molar-refractivity contribution in [2.24, 2.45) is 0 Å². The second kappa shape index (κ2) is 4.07. The lowest BCUT2D eigenvalue weighted by atomic mass is 10.1. The molecule has 0 spiro atoms. The Kier molecular flexibility index (Phi) is 2.79. The topological polar surface area (TPSA) is 28.2 Å². The van der Waals surface area contributed by atoms with Gasteiger partial charge in [-0.05, 0) is 26.1 Å². The summed E-state index contributed by atoms with van der Waals surface area (Å²) in [6.07, 6.45) is 1.86. The van der Waals surface area contributed by atoms with Gasteiger partial charge in [0.15, 0.2) is 0 Å². The number of nitrogens with one attached hydrogen (secondary N) is 1. The standard InChI is InChI=1S/C11H17N3/c1-9(11-5-3-4-6-13-11)14(2)10-7-12-8-10/h3-6,9-10,12H,7-8H2,1-2H3. The second-order valence-corrected chi connectivity index (χ2v) is 3.91. The van der Waals surface area contributed by atoms with E-state index >= 15 is 0 Å². The molecule has 2 heterocycles. The zero-order chi connectivity index (χ0) is 9.97. The fraction of sp³-hybridized carbons (Fsp3) is 0.545. The Morgan fingerprint density at radius 2 is 2.29 bits per heavy atom. The van der Waals surface area contributed by atoms with Gasteiger partial charge in [0.25, 0.3) is 0 Å². The molecule has 0 bridgehead atoms. The van der Waals surface area contributed by atoms with Crippen molar-refractivity contribution in [3.8, 4) is 0 Å². The third-order valence-corrected chi connectivity index (χ3v) is 3.06. The average molecular weight is 191 g/mol. The Balaban J connectivity index is 2.03. The van der Waals surface area contributed by atoms with E-state index < -0.39 is 0 Å². The first kappa shape index (κ1) is 9.62. The minimum absolute atomic E-state index is 0.406. The van der Waals surface area contributed by atoms with Gasteiger partial charge in [0.05, 0.1) is 5.69 Å². The van der Waals surface area contributed by atoms with E-state index in [0.717, 1.165) is 18.8 Å². The smallest absolute Gasteiger partial charge is 0.0572 e. The van der Waals surface area contributed by atoms with Crippen molar-refractivity contribution >= 4 is 0 Å². The number of aromatic nitrogens is 1. The quantitative estimate of drug-likeness (QED) is 0.774. The van der Waals surface area contributed by atoms with E-state index in [0.29, 0.717) is 12.1 Å². The second-order valence-electron chi connectivity index (χ2n) is 3.91. The molecule has 0 aliphatic carbocycles. The molecule has 1 aromatic heterocycles. The molecule has 1 atom stereocenters. The molecule has 3 nitrogen and oxygen atoms in total. The van der Waals surface area contributed by atoms with Gasteiger partial charge in [0.2, 0.25) is 0 Å². The number of rotatable bonds is 3. The lowest BCUT2D eigenvalue weighted by Gasteiger charge is -2.39. The van der Waals surface area contributed by atoms with Gasteiger partial charge in [0.1, 0.15) is 0 Å². The SMILES string of the molecule is CC(c1ccccn1)N(C)C1CNC1. The molecule has 1 unspecified atom stereocenters. The molecular formula is C11H17N3. The summed E-state index contributed by atoms with van der Waals surface area (Å²) in [4.78, 5) is 6.77. The first-order chi connectivity index (χ1) is 6.79. The minimum Gasteiger partial charge on any atom is -0.314 e. The van der Waals surface area contributed by atoms with E-state index in [4.69, 9.17) is 0 Å². The summed E-state index contributed by atoms with van der Waals surface area (Å²) in [6.45, 7) is 4.42. The molecule has 1 N–H and O–H groups in total. The number of likely N-dealkylation sites (N-methyl/N-ethyl adjacent to an activating group) is 1. The number of nitrogens with zero attached hydrogens (tertiary/aromatic N) is 2. The zero-order valence-corrected chi connectivity index (χ0v) is 8.77. The van der Waals surface area contributed by atoms with Crippen LogP contribution in [-0.2, 0) is 0 Å². The highest BCUT2D eigenvalue weighted by Crippen LogP contribution is 2.19. The predicted molar refractivity (Wildman–Crippen MR) is 57.1 cm³/mol. The van der Waals surface area contributed by atoms with Crippen LogP contribution in [-0.4, -0.2) is 36.1 Å². The van der Waals surface area contributed by atoms with Gasteiger partial charge >= 0.3 is 0 Å². The van der Waals surface area contributed by atoms with E-state index in [1.165, 1.54) is 0 Å². The highest BCUT2D eigenvalue weighted by molar-refractivity contribution is 5.08. The summed E-state index contributed by atoms with van der Waals surface area (Å²) in [5, 5.41) is 3.29. The fourth-order valence-corrected chi connectivity index (χ4v) is 1.71. The molecule has 1 aromatic rings. The van der Waals surface area contributed by atoms with Crippen LogP contribution in [0.2, 0.25) is 0 Å². The van der Waals surface area contributed by atoms with E-state index in [1.54, 1.807) is 0 Å². The Hall–Kier alpha value is -0.930. The third-order valence-electron chi connectivity index (χ3n) is 3.06. The van der Waals surface area contributed by atoms with Gasteiger partial charge in [-0.2, -0.15) is 0 Å². The van der Waals surface area contributed by atoms with Gasteiger partial charge in [-0.25, -0.2) is 0 Å². The first-order valence-electron chi connectivity index (χ1n) is 5.12. The Morgan fingerprint density at radius 1 is 1.50 bits per heavy atom. The maximum absolute atomic E-state index is 4.38. The molecule has 0 radical (unpaired) electrons. The Labute approximate surface area is 85.1 Å². The van der Waals surface area contributed by atoms with Crippen molar-refractivity contribution in [1.29, 1.82) is 0 Å². The molecule has 3 heteroatoms. The first-order valence-corrected chi connectivity index (χ1v) is 5.12. The van der Waals surface area contributed by atoms with Gasteiger partial charge in [0, 0.05) is 31.4 Å². The normalized spacial score (nSPS) is 19.4. The summed E-state index contributed by atoms with van der Waals surface area (Å²) >= 11 is 0. The van der Waals surface area contributed by atoms with Gasteiger partial charge in [-0.3, -0.25) is 9.88 Å². The average Bonchev–Trinajstić information content (AvgIpc) is 2.15. The summed E-state index contributed by atoms with van der Waals surface area (Å²) in [6, 6.07) is 7.18. The lowest BCUT2D eigenvalue weighted by Crippen LogP contribution is -2.56. The molecule has 1 aliphatic rings. The maximum Gasteiger partial charge on any atom is 0.0572 e. The fourth-order valence-electron chi connectivity index (χ4n) is 1.71. The highest BCUT2D eigenvalue weighted by atomic mass is 15.2. The summed E-state index contributed by atoms with van der Waals surface area (Å²) < 4.78 is 0. The number of pyridine rings is 1. The van der Waals surface area contributed by atoms with Crippen LogP contribution in [0.5, 0.6) is 0 Å². The monoisotopic (exact) mass is 191 g/mol. The Morgan fingerprint density at radius 3 is 2.79 bits per heavy atom. The van der Waals surface area contributed by atoms with Crippen molar-refractivity contribution in [2.45, 2.75) is 19.0 Å². The minimum atomic E-state index is 0.406. The molecule has 1 aliphatic heterocycles. The predicted octanol–water partition coefficient (Wildman–Crippen LogP) is 1.05. The molecule has 2 rings (SSSR count). The molecule has 0 saturated carbocycles. The lowest BCUT2D eigenvalue weighted by molar-refractivity contribution is 0.134. The molecule has 0 amide bonds. The van der Waals surface area contributed by atoms with Crippen LogP contribution in [0.25, 0.3) is 0 Å². The summed E-state index contributed by atoms with van der Waals surface area (Å²) in [5.74, 6) is 0. The van der Waals surface area contributed by atoms with Crippen molar-refractivity contribution in [3.05, 3.63) is 30.1 Å². The van der Waals surface area contributed by atoms with Crippen LogP contribution in [0.3, 0.4) is 0 Å². The zero-order valence-electron chi connectivity index (χ0n) is 8.77. The van der Waals surface area contributed by atoms with Crippen LogP contribution < -0.4 is 5.32 Å². The molecule has 76 valence electrons. The van der Waals surface area contributed by atoms with E-state index in [9.17, 15) is 0 Å². The molecule has 1 saturated heterocycles. The van der Waals surface area contributed by atoms with Crippen LogP contribution in [0.1, 0.15) is 18.7 Å². The summed E-state index contributed by atoms with van der Waals surface area (Å²) in [7, 11) is 2.17. The van der Waals surface area contributed by atoms with Gasteiger partial charge in [-0.1, -0.05) is 6.07 Å². The van der Waals surface area contributed by atoms with Crippen LogP contribution >= 0.6 is 0 Å². The highest BCUT2D eigenvalue weighted by Gasteiger charge is 2.25. The van der Waals surface area contributed by atoms with Gasteiger partial charge in [-0.15, -0.1) is 0 Å². The van der Waals surface area contributed by atoms with Crippen LogP contribution in [0, 0.1) is 0 Å². The molecular weight excluding hydrogens is 174 g/mol. The third kappa shape index (κ3) is 1.79. The van der Waals surface area contributed by atoms with Crippen molar-refractivity contribution in [1.82, 2.24) is 15.2 Å². The van der Waals surface area contributed by atoms with Gasteiger partial charge < -0.3 is 5.32 Å². The maximum atomic E-state index is 4.38. The van der Waals surface area contributed by atoms with E-state index in [-0.39, 0.29) is 0 Å². The van der Waals surface area contributed by atoms with E-state index in [1.807, 2.05) is 18.3 Å². The largest absolute Gasteiger partial charge is 0.314 e. The van der Waals surface area contributed by atoms with Crippen molar-refractivity contribution in [3.63, 3.8) is 0 Å².